The molecule has 1 atom stereocenters. The molecular weight excluding hydrogens is 370 g/mol. The minimum absolute atomic E-state index is 0.00208. The molecule has 7 heteroatoms. The molecule has 5 heterocycles. The maximum absolute atomic E-state index is 13.0. The van der Waals surface area contributed by atoms with E-state index in [1.54, 1.807) is 0 Å². The highest BCUT2D eigenvalue weighted by Crippen LogP contribution is 2.30. The van der Waals surface area contributed by atoms with Gasteiger partial charge in [-0.3, -0.25) is 4.79 Å². The van der Waals surface area contributed by atoms with Crippen LogP contribution in [0.2, 0.25) is 0 Å². The number of nitrogens with one attached hydrogen (secondary N) is 1. The van der Waals surface area contributed by atoms with Gasteiger partial charge in [0.25, 0.3) is 5.91 Å². The van der Waals surface area contributed by atoms with Crippen molar-refractivity contribution in [2.75, 3.05) is 57.8 Å². The lowest BCUT2D eigenvalue weighted by Crippen LogP contribution is -2.57. The molecule has 4 fully saturated rings. The smallest absolute Gasteiger partial charge is 0.271 e. The Balaban J connectivity index is 1.36. The first-order valence-corrected chi connectivity index (χ1v) is 11.3. The molecule has 1 amide bonds. The number of carbonyl (C=O) groups is 1. The Labute approximate surface area is 170 Å². The molecular formula is C21H29N5OS. The van der Waals surface area contributed by atoms with Crippen molar-refractivity contribution >= 4 is 33.2 Å². The van der Waals surface area contributed by atoms with Crippen molar-refractivity contribution in [1.82, 2.24) is 19.5 Å². The summed E-state index contributed by atoms with van der Waals surface area (Å²) in [6, 6.07) is 6.76. The zero-order chi connectivity index (χ0) is 19.1. The van der Waals surface area contributed by atoms with Crippen LogP contribution in [0.5, 0.6) is 0 Å². The van der Waals surface area contributed by atoms with Crippen LogP contribution >= 0.6 is 11.5 Å². The molecule has 28 heavy (non-hydrogen) atoms. The molecule has 1 aromatic carbocycles. The molecule has 0 saturated carbocycles. The summed E-state index contributed by atoms with van der Waals surface area (Å²) in [5.74, 6) is 0.626. The van der Waals surface area contributed by atoms with Crippen LogP contribution in [0.15, 0.2) is 18.2 Å². The number of aromatic nitrogens is 1. The van der Waals surface area contributed by atoms with E-state index in [9.17, 15) is 4.79 Å². The van der Waals surface area contributed by atoms with Crippen molar-refractivity contribution in [1.29, 1.82) is 0 Å². The molecule has 150 valence electrons. The summed E-state index contributed by atoms with van der Waals surface area (Å²) < 4.78 is 5.62. The van der Waals surface area contributed by atoms with Gasteiger partial charge >= 0.3 is 0 Å². The van der Waals surface area contributed by atoms with Crippen molar-refractivity contribution in [2.24, 2.45) is 5.92 Å². The minimum atomic E-state index is -0.00208. The van der Waals surface area contributed by atoms with Crippen molar-refractivity contribution in [3.05, 3.63) is 23.9 Å². The molecule has 0 radical (unpaired) electrons. The van der Waals surface area contributed by atoms with Crippen LogP contribution in [0.1, 0.15) is 29.8 Å². The van der Waals surface area contributed by atoms with Crippen LogP contribution in [-0.2, 0) is 0 Å². The number of rotatable bonds is 3. The molecule has 4 saturated heterocycles. The Morgan fingerprint density at radius 1 is 1.14 bits per heavy atom. The Morgan fingerprint density at radius 2 is 2.00 bits per heavy atom. The summed E-state index contributed by atoms with van der Waals surface area (Å²) in [6.07, 6.45) is 3.58. The maximum Gasteiger partial charge on any atom is 0.271 e. The summed E-state index contributed by atoms with van der Waals surface area (Å²) in [5, 5.41) is 4.30. The van der Waals surface area contributed by atoms with Gasteiger partial charge in [0.2, 0.25) is 0 Å². The third-order valence-corrected chi connectivity index (χ3v) is 7.55. The van der Waals surface area contributed by atoms with Gasteiger partial charge in [0.15, 0.2) is 0 Å². The van der Waals surface area contributed by atoms with E-state index in [1.807, 2.05) is 0 Å². The molecule has 0 aliphatic carbocycles. The summed E-state index contributed by atoms with van der Waals surface area (Å²) in [5.41, 5.74) is 1.81. The Hall–Kier alpha value is -1.70. The van der Waals surface area contributed by atoms with Crippen molar-refractivity contribution in [3.63, 3.8) is 0 Å². The lowest BCUT2D eigenvalue weighted by Gasteiger charge is -2.44. The first-order chi connectivity index (χ1) is 13.7. The predicted octanol–water partition coefficient (Wildman–Crippen LogP) is 2.26. The average Bonchev–Trinajstić information content (AvgIpc) is 3.02. The highest BCUT2D eigenvalue weighted by molar-refractivity contribution is 7.13. The Morgan fingerprint density at radius 3 is 2.79 bits per heavy atom. The lowest BCUT2D eigenvalue weighted by atomic mass is 9.84. The number of likely N-dealkylation sites (N-methyl/N-ethyl adjacent to an activating group) is 1. The Kier molecular flexibility index (Phi) is 4.99. The molecule has 1 aromatic heterocycles. The Bertz CT molecular complexity index is 860. The van der Waals surface area contributed by atoms with Gasteiger partial charge in [-0.25, -0.2) is 0 Å². The summed E-state index contributed by atoms with van der Waals surface area (Å²) in [4.78, 5) is 20.3. The molecule has 0 spiro atoms. The third kappa shape index (κ3) is 3.51. The van der Waals surface area contributed by atoms with E-state index in [0.29, 0.717) is 11.6 Å². The number of benzene rings is 1. The van der Waals surface area contributed by atoms with Crippen molar-refractivity contribution < 1.29 is 4.79 Å². The zero-order valence-electron chi connectivity index (χ0n) is 16.6. The normalized spacial score (nSPS) is 28.5. The fraction of sp³-hybridized carbons (Fsp3) is 0.619. The van der Waals surface area contributed by atoms with Gasteiger partial charge in [-0.15, -0.1) is 0 Å². The van der Waals surface area contributed by atoms with E-state index in [1.165, 1.54) is 49.6 Å². The van der Waals surface area contributed by atoms with E-state index in [0.717, 1.165) is 42.8 Å². The van der Waals surface area contributed by atoms with E-state index in [2.05, 4.69) is 49.6 Å². The van der Waals surface area contributed by atoms with E-state index >= 15 is 0 Å². The number of carbonyl (C=O) groups excluding carboxylic acids is 1. The average molecular weight is 400 g/mol. The van der Waals surface area contributed by atoms with Gasteiger partial charge in [0, 0.05) is 43.3 Å². The summed E-state index contributed by atoms with van der Waals surface area (Å²) in [6.45, 7) is 7.68. The van der Waals surface area contributed by atoms with Gasteiger partial charge in [-0.2, -0.15) is 4.37 Å². The van der Waals surface area contributed by atoms with Crippen LogP contribution in [0.25, 0.3) is 10.1 Å². The van der Waals surface area contributed by atoms with E-state index in [-0.39, 0.29) is 11.9 Å². The molecule has 1 N–H and O–H groups in total. The topological polar surface area (TPSA) is 51.7 Å². The van der Waals surface area contributed by atoms with Crippen LogP contribution in [0.4, 0.5) is 5.69 Å². The largest absolute Gasteiger partial charge is 0.370 e. The van der Waals surface area contributed by atoms with Gasteiger partial charge < -0.3 is 20.0 Å². The molecule has 0 unspecified atom stereocenters. The third-order valence-electron chi connectivity index (χ3n) is 6.73. The van der Waals surface area contributed by atoms with Gasteiger partial charge in [0.05, 0.1) is 4.70 Å². The standard InChI is InChI=1S/C21H29N5OS/c1-24-7-2-8-26(12-11-24)16-3-4-19-17(13-16)20(23-28-19)21(27)22-18-14-25-9-5-15(18)6-10-25/h3-4,13,15,18H,2,5-12,14H2,1H3,(H,22,27)/t18-/m1/s1. The molecule has 2 bridgehead atoms. The number of hydrogen-bond acceptors (Lipinski definition) is 6. The van der Waals surface area contributed by atoms with Crippen LogP contribution < -0.4 is 10.2 Å². The van der Waals surface area contributed by atoms with E-state index < -0.39 is 0 Å². The first-order valence-electron chi connectivity index (χ1n) is 10.5. The zero-order valence-corrected chi connectivity index (χ0v) is 17.4. The van der Waals surface area contributed by atoms with Gasteiger partial charge in [-0.05, 0) is 81.6 Å². The first kappa shape index (κ1) is 18.3. The summed E-state index contributed by atoms with van der Waals surface area (Å²) >= 11 is 1.43. The second-order valence-electron chi connectivity index (χ2n) is 8.57. The number of amides is 1. The predicted molar refractivity (Wildman–Crippen MR) is 114 cm³/mol. The maximum atomic E-state index is 13.0. The van der Waals surface area contributed by atoms with E-state index in [4.69, 9.17) is 0 Å². The fourth-order valence-electron chi connectivity index (χ4n) is 4.96. The second-order valence-corrected chi connectivity index (χ2v) is 9.38. The number of hydrogen-bond donors (Lipinski definition) is 1. The van der Waals surface area contributed by atoms with Crippen LogP contribution in [-0.4, -0.2) is 79.0 Å². The number of fused-ring (bicyclic) bond motifs is 4. The van der Waals surface area contributed by atoms with Gasteiger partial charge in [-0.1, -0.05) is 0 Å². The van der Waals surface area contributed by atoms with Crippen molar-refractivity contribution in [2.45, 2.75) is 25.3 Å². The molecule has 4 aliphatic heterocycles. The number of anilines is 1. The fourth-order valence-corrected chi connectivity index (χ4v) is 5.71. The van der Waals surface area contributed by atoms with Crippen LogP contribution in [0.3, 0.4) is 0 Å². The second kappa shape index (κ2) is 7.61. The molecule has 2 aromatic rings. The number of piperidine rings is 3. The van der Waals surface area contributed by atoms with Gasteiger partial charge in [0.1, 0.15) is 5.69 Å². The quantitative estimate of drug-likeness (QED) is 0.858. The van der Waals surface area contributed by atoms with Crippen LogP contribution in [0, 0.1) is 5.92 Å². The number of nitrogens with zero attached hydrogens (tertiary/aromatic N) is 4. The molecule has 6 rings (SSSR count). The molecule has 4 aliphatic rings. The highest BCUT2D eigenvalue weighted by atomic mass is 32.1. The SMILES string of the molecule is CN1CCCN(c2ccc3snc(C(=O)N[C@@H]4CN5CCC4CC5)c3c2)CC1. The molecule has 6 nitrogen and oxygen atoms in total. The highest BCUT2D eigenvalue weighted by Gasteiger charge is 2.35. The summed E-state index contributed by atoms with van der Waals surface area (Å²) in [7, 11) is 2.19. The lowest BCUT2D eigenvalue weighted by molar-refractivity contribution is 0.0619. The monoisotopic (exact) mass is 399 g/mol. The van der Waals surface area contributed by atoms with Crippen molar-refractivity contribution in [3.8, 4) is 0 Å². The minimum Gasteiger partial charge on any atom is -0.370 e.